The van der Waals surface area contributed by atoms with Gasteiger partial charge in [-0.05, 0) is 57.5 Å². The van der Waals surface area contributed by atoms with E-state index in [0.29, 0.717) is 6.04 Å². The molecular weight excluding hydrogens is 374 g/mol. The van der Waals surface area contributed by atoms with Gasteiger partial charge < -0.3 is 5.32 Å². The molecule has 0 aliphatic carbocycles. The summed E-state index contributed by atoms with van der Waals surface area (Å²) in [6, 6.07) is 8.88. The standard InChI is InChI=1S/C14H15Br2NS/c1-2-17-14(12-8-18-9-13(12)16)7-10-4-3-5-11(15)6-10/h3-6,8-9,14,17H,2,7H2,1H3. The van der Waals surface area contributed by atoms with Crippen molar-refractivity contribution in [2.75, 3.05) is 6.54 Å². The molecule has 1 heterocycles. The summed E-state index contributed by atoms with van der Waals surface area (Å²) in [6.45, 7) is 3.12. The van der Waals surface area contributed by atoms with Crippen LogP contribution in [0.1, 0.15) is 24.1 Å². The molecule has 0 aliphatic heterocycles. The van der Waals surface area contributed by atoms with Crippen molar-refractivity contribution < 1.29 is 0 Å². The van der Waals surface area contributed by atoms with Gasteiger partial charge in [0.2, 0.25) is 0 Å². The Morgan fingerprint density at radius 3 is 2.72 bits per heavy atom. The molecule has 1 nitrogen and oxygen atoms in total. The lowest BCUT2D eigenvalue weighted by Gasteiger charge is -2.18. The van der Waals surface area contributed by atoms with Crippen LogP contribution in [0.2, 0.25) is 0 Å². The van der Waals surface area contributed by atoms with Crippen LogP contribution in [0.5, 0.6) is 0 Å². The van der Waals surface area contributed by atoms with Crippen LogP contribution in [-0.2, 0) is 6.42 Å². The molecule has 1 unspecified atom stereocenters. The van der Waals surface area contributed by atoms with E-state index in [-0.39, 0.29) is 0 Å². The first-order valence-electron chi connectivity index (χ1n) is 5.90. The maximum absolute atomic E-state index is 3.63. The Labute approximate surface area is 129 Å². The molecular formula is C14H15Br2NS. The number of nitrogens with one attached hydrogen (secondary N) is 1. The van der Waals surface area contributed by atoms with Crippen molar-refractivity contribution in [3.8, 4) is 0 Å². The third-order valence-electron chi connectivity index (χ3n) is 2.80. The molecule has 0 bridgehead atoms. The molecule has 18 heavy (non-hydrogen) atoms. The van der Waals surface area contributed by atoms with Crippen LogP contribution in [-0.4, -0.2) is 6.54 Å². The summed E-state index contributed by atoms with van der Waals surface area (Å²) in [5.41, 5.74) is 2.69. The minimum atomic E-state index is 0.366. The van der Waals surface area contributed by atoms with E-state index in [2.05, 4.69) is 79.1 Å². The zero-order chi connectivity index (χ0) is 13.0. The summed E-state index contributed by atoms with van der Waals surface area (Å²) in [4.78, 5) is 0. The lowest BCUT2D eigenvalue weighted by Crippen LogP contribution is -2.22. The van der Waals surface area contributed by atoms with Crippen LogP contribution < -0.4 is 5.32 Å². The topological polar surface area (TPSA) is 12.0 Å². The third kappa shape index (κ3) is 3.67. The van der Waals surface area contributed by atoms with Crippen molar-refractivity contribution in [2.45, 2.75) is 19.4 Å². The number of benzene rings is 1. The van der Waals surface area contributed by atoms with Crippen LogP contribution >= 0.6 is 43.2 Å². The molecule has 1 N–H and O–H groups in total. The van der Waals surface area contributed by atoms with Crippen molar-refractivity contribution in [3.63, 3.8) is 0 Å². The molecule has 0 amide bonds. The molecule has 1 aromatic heterocycles. The fourth-order valence-electron chi connectivity index (χ4n) is 1.98. The van der Waals surface area contributed by atoms with Gasteiger partial charge in [-0.1, -0.05) is 35.0 Å². The van der Waals surface area contributed by atoms with E-state index >= 15 is 0 Å². The van der Waals surface area contributed by atoms with Crippen LogP contribution in [0.15, 0.2) is 44.0 Å². The summed E-state index contributed by atoms with van der Waals surface area (Å²) in [5, 5.41) is 7.91. The second kappa shape index (κ2) is 6.85. The quantitative estimate of drug-likeness (QED) is 0.745. The Kier molecular flexibility index (Phi) is 5.42. The van der Waals surface area contributed by atoms with Gasteiger partial charge in [0, 0.05) is 20.4 Å². The highest BCUT2D eigenvalue weighted by Crippen LogP contribution is 2.29. The smallest absolute Gasteiger partial charge is 0.0380 e. The largest absolute Gasteiger partial charge is 0.310 e. The second-order valence-electron chi connectivity index (χ2n) is 4.12. The van der Waals surface area contributed by atoms with Crippen molar-refractivity contribution in [1.29, 1.82) is 0 Å². The molecule has 0 aliphatic rings. The summed E-state index contributed by atoms with van der Waals surface area (Å²) in [7, 11) is 0. The molecule has 2 aromatic rings. The van der Waals surface area contributed by atoms with E-state index < -0.39 is 0 Å². The van der Waals surface area contributed by atoms with Gasteiger partial charge in [0.05, 0.1) is 0 Å². The molecule has 0 saturated heterocycles. The Bertz CT molecular complexity index is 510. The summed E-state index contributed by atoms with van der Waals surface area (Å²) >= 11 is 8.89. The number of hydrogen-bond acceptors (Lipinski definition) is 2. The zero-order valence-corrected chi connectivity index (χ0v) is 14.1. The highest BCUT2D eigenvalue weighted by Gasteiger charge is 2.15. The Morgan fingerprint density at radius 1 is 1.28 bits per heavy atom. The SMILES string of the molecule is CCNC(Cc1cccc(Br)c1)c1cscc1Br. The van der Waals surface area contributed by atoms with E-state index in [1.54, 1.807) is 11.3 Å². The van der Waals surface area contributed by atoms with E-state index in [9.17, 15) is 0 Å². The molecule has 96 valence electrons. The lowest BCUT2D eigenvalue weighted by molar-refractivity contribution is 0.549. The molecule has 2 rings (SSSR count). The van der Waals surface area contributed by atoms with E-state index in [0.717, 1.165) is 17.4 Å². The van der Waals surface area contributed by atoms with Gasteiger partial charge >= 0.3 is 0 Å². The zero-order valence-electron chi connectivity index (χ0n) is 10.1. The highest BCUT2D eigenvalue weighted by molar-refractivity contribution is 9.10. The fourth-order valence-corrected chi connectivity index (χ4v) is 4.05. The predicted molar refractivity (Wildman–Crippen MR) is 86.3 cm³/mol. The van der Waals surface area contributed by atoms with Crippen LogP contribution in [0.4, 0.5) is 0 Å². The minimum Gasteiger partial charge on any atom is -0.310 e. The van der Waals surface area contributed by atoms with Gasteiger partial charge in [0.25, 0.3) is 0 Å². The maximum Gasteiger partial charge on any atom is 0.0380 e. The van der Waals surface area contributed by atoms with Crippen LogP contribution in [0.25, 0.3) is 0 Å². The van der Waals surface area contributed by atoms with Gasteiger partial charge in [-0.25, -0.2) is 0 Å². The third-order valence-corrected chi connectivity index (χ3v) is 5.04. The number of halogens is 2. The Morgan fingerprint density at radius 2 is 2.11 bits per heavy atom. The highest BCUT2D eigenvalue weighted by atomic mass is 79.9. The first kappa shape index (κ1) is 14.3. The van der Waals surface area contributed by atoms with Crippen molar-refractivity contribution >= 4 is 43.2 Å². The maximum atomic E-state index is 3.63. The average Bonchev–Trinajstić information content (AvgIpc) is 2.75. The fraction of sp³-hybridized carbons (Fsp3) is 0.286. The molecule has 0 radical (unpaired) electrons. The molecule has 0 saturated carbocycles. The number of hydrogen-bond donors (Lipinski definition) is 1. The lowest BCUT2D eigenvalue weighted by atomic mass is 10.0. The summed E-state index contributed by atoms with van der Waals surface area (Å²) < 4.78 is 2.34. The molecule has 1 atom stereocenters. The first-order chi connectivity index (χ1) is 8.70. The van der Waals surface area contributed by atoms with Crippen molar-refractivity contribution in [3.05, 3.63) is 55.1 Å². The molecule has 0 fully saturated rings. The van der Waals surface area contributed by atoms with E-state index in [1.807, 2.05) is 0 Å². The second-order valence-corrected chi connectivity index (χ2v) is 6.63. The normalized spacial score (nSPS) is 12.6. The average molecular weight is 389 g/mol. The predicted octanol–water partition coefficient (Wildman–Crippen LogP) is 5.17. The molecule has 0 spiro atoms. The van der Waals surface area contributed by atoms with Gasteiger partial charge in [0.1, 0.15) is 0 Å². The van der Waals surface area contributed by atoms with Gasteiger partial charge in [-0.15, -0.1) is 0 Å². The number of rotatable bonds is 5. The van der Waals surface area contributed by atoms with Crippen LogP contribution in [0, 0.1) is 0 Å². The van der Waals surface area contributed by atoms with Crippen molar-refractivity contribution in [1.82, 2.24) is 5.32 Å². The van der Waals surface area contributed by atoms with Gasteiger partial charge in [-0.2, -0.15) is 11.3 Å². The number of thiophene rings is 1. The summed E-state index contributed by atoms with van der Waals surface area (Å²) in [6.07, 6.45) is 1.00. The van der Waals surface area contributed by atoms with Gasteiger partial charge in [-0.3, -0.25) is 0 Å². The van der Waals surface area contributed by atoms with E-state index in [4.69, 9.17) is 0 Å². The van der Waals surface area contributed by atoms with Crippen LogP contribution in [0.3, 0.4) is 0 Å². The monoisotopic (exact) mass is 387 g/mol. The number of likely N-dealkylation sites (N-methyl/N-ethyl adjacent to an activating group) is 1. The first-order valence-corrected chi connectivity index (χ1v) is 8.43. The molecule has 4 heteroatoms. The Hall–Kier alpha value is -0.160. The summed E-state index contributed by atoms with van der Waals surface area (Å²) in [5.74, 6) is 0. The minimum absolute atomic E-state index is 0.366. The van der Waals surface area contributed by atoms with E-state index in [1.165, 1.54) is 15.6 Å². The van der Waals surface area contributed by atoms with Gasteiger partial charge in [0.15, 0.2) is 0 Å². The van der Waals surface area contributed by atoms with Crippen molar-refractivity contribution in [2.24, 2.45) is 0 Å². The Balaban J connectivity index is 2.19. The molecule has 1 aromatic carbocycles.